The van der Waals surface area contributed by atoms with Gasteiger partial charge in [-0.05, 0) is 47.6 Å². The summed E-state index contributed by atoms with van der Waals surface area (Å²) >= 11 is 7.93. The van der Waals surface area contributed by atoms with E-state index in [-0.39, 0.29) is 6.04 Å². The van der Waals surface area contributed by atoms with Crippen molar-refractivity contribution in [3.05, 3.63) is 64.0 Å². The number of benzene rings is 2. The molecule has 3 aromatic rings. The molecule has 1 heterocycles. The van der Waals surface area contributed by atoms with Crippen molar-refractivity contribution < 1.29 is 4.74 Å². The van der Waals surface area contributed by atoms with E-state index in [0.717, 1.165) is 11.3 Å². The van der Waals surface area contributed by atoms with Crippen LogP contribution < -0.4 is 10.1 Å². The van der Waals surface area contributed by atoms with E-state index in [1.807, 2.05) is 25.2 Å². The lowest BCUT2D eigenvalue weighted by atomic mass is 9.97. The van der Waals surface area contributed by atoms with Gasteiger partial charge in [0.15, 0.2) is 0 Å². The predicted molar refractivity (Wildman–Crippen MR) is 90.7 cm³/mol. The number of methoxy groups -OCH3 is 1. The fourth-order valence-corrected chi connectivity index (χ4v) is 3.80. The summed E-state index contributed by atoms with van der Waals surface area (Å²) in [5.41, 5.74) is 2.30. The number of rotatable bonds is 4. The van der Waals surface area contributed by atoms with Crippen LogP contribution in [0.1, 0.15) is 17.2 Å². The summed E-state index contributed by atoms with van der Waals surface area (Å²) in [6.45, 7) is 0. The van der Waals surface area contributed by atoms with Crippen molar-refractivity contribution in [3.63, 3.8) is 0 Å². The van der Waals surface area contributed by atoms with Gasteiger partial charge in [0, 0.05) is 15.3 Å². The summed E-state index contributed by atoms with van der Waals surface area (Å²) in [5.74, 6) is 0.842. The average Bonchev–Trinajstić information content (AvgIpc) is 2.93. The van der Waals surface area contributed by atoms with Crippen LogP contribution >= 0.6 is 22.9 Å². The monoisotopic (exact) mass is 317 g/mol. The number of hydrogen-bond acceptors (Lipinski definition) is 3. The molecule has 0 aliphatic carbocycles. The summed E-state index contributed by atoms with van der Waals surface area (Å²) in [4.78, 5) is 0. The number of hydrogen-bond donors (Lipinski definition) is 1. The Balaban J connectivity index is 2.16. The largest absolute Gasteiger partial charge is 0.496 e. The molecule has 0 saturated heterocycles. The lowest BCUT2D eigenvalue weighted by Gasteiger charge is -2.19. The lowest BCUT2D eigenvalue weighted by Crippen LogP contribution is -2.18. The van der Waals surface area contributed by atoms with E-state index in [9.17, 15) is 0 Å². The van der Waals surface area contributed by atoms with Gasteiger partial charge in [-0.25, -0.2) is 0 Å². The Bertz CT molecular complexity index is 768. The topological polar surface area (TPSA) is 21.3 Å². The van der Waals surface area contributed by atoms with E-state index in [2.05, 4.69) is 35.0 Å². The molecule has 2 nitrogen and oxygen atoms in total. The molecule has 1 unspecified atom stereocenters. The first kappa shape index (κ1) is 14.4. The maximum Gasteiger partial charge on any atom is 0.124 e. The molecule has 1 atom stereocenters. The molecule has 0 aliphatic rings. The first-order chi connectivity index (χ1) is 10.2. The molecule has 3 rings (SSSR count). The van der Waals surface area contributed by atoms with E-state index in [0.29, 0.717) is 5.02 Å². The normalized spacial score (nSPS) is 12.5. The van der Waals surface area contributed by atoms with Gasteiger partial charge in [-0.2, -0.15) is 0 Å². The smallest absolute Gasteiger partial charge is 0.124 e. The molecule has 0 aliphatic heterocycles. The van der Waals surface area contributed by atoms with Gasteiger partial charge in [0.05, 0.1) is 13.2 Å². The second-order valence-corrected chi connectivity index (χ2v) is 6.14. The van der Waals surface area contributed by atoms with E-state index in [1.54, 1.807) is 18.4 Å². The van der Waals surface area contributed by atoms with Gasteiger partial charge >= 0.3 is 0 Å². The lowest BCUT2D eigenvalue weighted by molar-refractivity contribution is 0.405. The van der Waals surface area contributed by atoms with Crippen molar-refractivity contribution in [2.45, 2.75) is 6.04 Å². The van der Waals surface area contributed by atoms with Crippen LogP contribution in [-0.4, -0.2) is 14.2 Å². The Morgan fingerprint density at radius 3 is 2.71 bits per heavy atom. The van der Waals surface area contributed by atoms with Gasteiger partial charge in [-0.3, -0.25) is 0 Å². The van der Waals surface area contributed by atoms with E-state index in [4.69, 9.17) is 16.3 Å². The molecule has 0 radical (unpaired) electrons. The molecule has 21 heavy (non-hydrogen) atoms. The first-order valence-corrected chi connectivity index (χ1v) is 7.97. The Morgan fingerprint density at radius 2 is 1.95 bits per heavy atom. The van der Waals surface area contributed by atoms with Crippen molar-refractivity contribution in [2.75, 3.05) is 14.2 Å². The molecule has 0 spiro atoms. The van der Waals surface area contributed by atoms with Crippen LogP contribution in [0.3, 0.4) is 0 Å². The Kier molecular flexibility index (Phi) is 4.15. The van der Waals surface area contributed by atoms with Crippen molar-refractivity contribution in [1.29, 1.82) is 0 Å². The summed E-state index contributed by atoms with van der Waals surface area (Å²) < 4.78 is 6.78. The highest BCUT2D eigenvalue weighted by Gasteiger charge is 2.20. The zero-order valence-corrected chi connectivity index (χ0v) is 13.5. The Hall–Kier alpha value is -1.55. The van der Waals surface area contributed by atoms with Crippen molar-refractivity contribution in [2.24, 2.45) is 0 Å². The molecular weight excluding hydrogens is 302 g/mol. The van der Waals surface area contributed by atoms with Gasteiger partial charge in [0.1, 0.15) is 5.75 Å². The highest BCUT2D eigenvalue weighted by Crippen LogP contribution is 2.37. The van der Waals surface area contributed by atoms with E-state index < -0.39 is 0 Å². The zero-order valence-electron chi connectivity index (χ0n) is 11.9. The Morgan fingerprint density at radius 1 is 1.14 bits per heavy atom. The quantitative estimate of drug-likeness (QED) is 0.741. The minimum absolute atomic E-state index is 0.0507. The molecule has 108 valence electrons. The molecule has 2 aromatic carbocycles. The van der Waals surface area contributed by atoms with Crippen LogP contribution in [0.25, 0.3) is 10.1 Å². The van der Waals surface area contributed by atoms with Crippen LogP contribution in [0.4, 0.5) is 0 Å². The van der Waals surface area contributed by atoms with Gasteiger partial charge in [-0.1, -0.05) is 29.8 Å². The number of nitrogens with one attached hydrogen (secondary N) is 1. The first-order valence-electron chi connectivity index (χ1n) is 6.71. The van der Waals surface area contributed by atoms with Crippen LogP contribution in [0.15, 0.2) is 47.8 Å². The number of fused-ring (bicyclic) bond motifs is 1. The van der Waals surface area contributed by atoms with Crippen LogP contribution in [-0.2, 0) is 0 Å². The van der Waals surface area contributed by atoms with Gasteiger partial charge in [-0.15, -0.1) is 11.3 Å². The van der Waals surface area contributed by atoms with E-state index >= 15 is 0 Å². The minimum atomic E-state index is 0.0507. The van der Waals surface area contributed by atoms with Crippen molar-refractivity contribution >= 4 is 33.0 Å². The van der Waals surface area contributed by atoms with Gasteiger partial charge in [0.25, 0.3) is 0 Å². The molecule has 0 fully saturated rings. The molecule has 1 aromatic heterocycles. The minimum Gasteiger partial charge on any atom is -0.496 e. The molecule has 0 saturated carbocycles. The highest BCUT2D eigenvalue weighted by molar-refractivity contribution is 7.17. The van der Waals surface area contributed by atoms with Crippen molar-refractivity contribution in [3.8, 4) is 5.75 Å². The molecular formula is C17H16ClNOS. The molecule has 1 N–H and O–H groups in total. The molecule has 0 amide bonds. The van der Waals surface area contributed by atoms with Crippen LogP contribution in [0, 0.1) is 0 Å². The third-order valence-electron chi connectivity index (χ3n) is 3.61. The fraction of sp³-hybridized carbons (Fsp3) is 0.176. The maximum absolute atomic E-state index is 6.17. The summed E-state index contributed by atoms with van der Waals surface area (Å²) in [6, 6.07) is 14.2. The Labute approximate surface area is 133 Å². The standard InChI is InChI=1S/C17H16ClNOS/c1-19-17(13-9-11(18)7-8-15(13)20-2)14-10-21-16-6-4-3-5-12(14)16/h3-10,17,19H,1-2H3. The maximum atomic E-state index is 6.17. The average molecular weight is 318 g/mol. The van der Waals surface area contributed by atoms with Crippen LogP contribution in [0.5, 0.6) is 5.75 Å². The predicted octanol–water partition coefficient (Wildman–Crippen LogP) is 4.87. The highest BCUT2D eigenvalue weighted by atomic mass is 35.5. The third-order valence-corrected chi connectivity index (χ3v) is 4.83. The van der Waals surface area contributed by atoms with E-state index in [1.165, 1.54) is 15.6 Å². The second-order valence-electron chi connectivity index (χ2n) is 4.80. The summed E-state index contributed by atoms with van der Waals surface area (Å²) in [5, 5.41) is 7.56. The van der Waals surface area contributed by atoms with Crippen molar-refractivity contribution in [1.82, 2.24) is 5.32 Å². The SMILES string of the molecule is CNC(c1cc(Cl)ccc1OC)c1csc2ccccc12. The molecule has 4 heteroatoms. The molecule has 0 bridgehead atoms. The zero-order chi connectivity index (χ0) is 14.8. The number of halogens is 1. The summed E-state index contributed by atoms with van der Waals surface area (Å²) in [7, 11) is 3.64. The third kappa shape index (κ3) is 2.64. The van der Waals surface area contributed by atoms with Gasteiger partial charge < -0.3 is 10.1 Å². The summed E-state index contributed by atoms with van der Waals surface area (Å²) in [6.07, 6.45) is 0. The second kappa shape index (κ2) is 6.06. The number of thiophene rings is 1. The van der Waals surface area contributed by atoms with Gasteiger partial charge in [0.2, 0.25) is 0 Å². The number of ether oxygens (including phenoxy) is 1. The van der Waals surface area contributed by atoms with Crippen LogP contribution in [0.2, 0.25) is 5.02 Å². The fourth-order valence-electron chi connectivity index (χ4n) is 2.63.